The van der Waals surface area contributed by atoms with E-state index in [-0.39, 0.29) is 0 Å². The molecule has 1 rings (SSSR count). The zero-order valence-corrected chi connectivity index (χ0v) is 9.03. The number of hydrogen-bond acceptors (Lipinski definition) is 3. The predicted octanol–water partition coefficient (Wildman–Crippen LogP) is 2.36. The molecule has 0 aromatic heterocycles. The molecule has 1 aliphatic heterocycles. The van der Waals surface area contributed by atoms with Gasteiger partial charge >= 0.3 is 0 Å². The van der Waals surface area contributed by atoms with Gasteiger partial charge in [-0.2, -0.15) is 5.53 Å². The Balaban J connectivity index is 1.86. The van der Waals surface area contributed by atoms with Crippen LogP contribution in [-0.4, -0.2) is 0 Å². The average molecular weight is 195 g/mol. The molecule has 0 saturated carbocycles. The molecule has 0 amide bonds. The number of rotatable bonds is 7. The Labute approximate surface area is 86.6 Å². The van der Waals surface area contributed by atoms with Crippen molar-refractivity contribution in [2.45, 2.75) is 45.4 Å². The van der Waals surface area contributed by atoms with Crippen LogP contribution in [0.5, 0.6) is 0 Å². The monoisotopic (exact) mass is 195 g/mol. The van der Waals surface area contributed by atoms with Gasteiger partial charge in [-0.05, 0) is 32.6 Å². The summed E-state index contributed by atoms with van der Waals surface area (Å²) in [6.45, 7) is 6.00. The zero-order chi connectivity index (χ0) is 10.2. The van der Waals surface area contributed by atoms with Crippen molar-refractivity contribution in [2.75, 3.05) is 0 Å². The van der Waals surface area contributed by atoms with Crippen LogP contribution in [-0.2, 0) is 0 Å². The predicted molar refractivity (Wildman–Crippen MR) is 60.0 cm³/mol. The van der Waals surface area contributed by atoms with Crippen LogP contribution in [0.1, 0.15) is 45.4 Å². The van der Waals surface area contributed by atoms with Gasteiger partial charge in [-0.15, -0.1) is 6.58 Å². The molecule has 0 fully saturated rings. The Morgan fingerprint density at radius 2 is 2.07 bits per heavy atom. The van der Waals surface area contributed by atoms with Crippen molar-refractivity contribution in [3.8, 4) is 0 Å². The second kappa shape index (κ2) is 6.49. The fourth-order valence-corrected chi connectivity index (χ4v) is 1.51. The molecule has 3 nitrogen and oxygen atoms in total. The first-order chi connectivity index (χ1) is 6.79. The summed E-state index contributed by atoms with van der Waals surface area (Å²) in [5.41, 5.74) is 11.4. The molecular weight excluding hydrogens is 174 g/mol. The molecule has 0 aromatic rings. The van der Waals surface area contributed by atoms with Crippen LogP contribution in [0, 0.1) is 0 Å². The smallest absolute Gasteiger partial charge is 0.0450 e. The lowest BCUT2D eigenvalue weighted by Crippen LogP contribution is -2.31. The summed E-state index contributed by atoms with van der Waals surface area (Å²) in [5.74, 6) is 0. The summed E-state index contributed by atoms with van der Waals surface area (Å²) in [4.78, 5) is 0. The highest BCUT2D eigenvalue weighted by atomic mass is 15.6. The summed E-state index contributed by atoms with van der Waals surface area (Å²) < 4.78 is 0. The van der Waals surface area contributed by atoms with Gasteiger partial charge < -0.3 is 10.9 Å². The molecule has 0 bridgehead atoms. The minimum atomic E-state index is 1.13. The fraction of sp³-hybridized carbons (Fsp3) is 0.636. The molecule has 0 saturated heterocycles. The van der Waals surface area contributed by atoms with Gasteiger partial charge in [0.2, 0.25) is 0 Å². The molecule has 3 N–H and O–H groups in total. The number of hydrogen-bond donors (Lipinski definition) is 3. The van der Waals surface area contributed by atoms with E-state index in [4.69, 9.17) is 0 Å². The number of hydrazine groups is 2. The fourth-order valence-electron chi connectivity index (χ4n) is 1.51. The Bertz CT molecular complexity index is 209. The summed E-state index contributed by atoms with van der Waals surface area (Å²) in [6.07, 6.45) is 9.48. The van der Waals surface area contributed by atoms with Gasteiger partial charge in [0.15, 0.2) is 0 Å². The Morgan fingerprint density at radius 3 is 2.71 bits per heavy atom. The van der Waals surface area contributed by atoms with Gasteiger partial charge in [0.1, 0.15) is 0 Å². The van der Waals surface area contributed by atoms with Crippen molar-refractivity contribution < 1.29 is 0 Å². The maximum Gasteiger partial charge on any atom is 0.0450 e. The van der Waals surface area contributed by atoms with Gasteiger partial charge in [0, 0.05) is 11.9 Å². The zero-order valence-electron chi connectivity index (χ0n) is 9.03. The molecule has 14 heavy (non-hydrogen) atoms. The first kappa shape index (κ1) is 11.1. The van der Waals surface area contributed by atoms with Crippen molar-refractivity contribution in [3.05, 3.63) is 24.0 Å². The third-order valence-corrected chi connectivity index (χ3v) is 2.34. The largest absolute Gasteiger partial charge is 0.310 e. The van der Waals surface area contributed by atoms with Crippen molar-refractivity contribution >= 4 is 0 Å². The van der Waals surface area contributed by atoms with Crippen LogP contribution >= 0.6 is 0 Å². The van der Waals surface area contributed by atoms with E-state index < -0.39 is 0 Å². The standard InChI is InChI=1S/C11H21N3/c1-10(2)7-5-3-4-6-8-11-9-12-14-13-11/h9,12-14H,1,3-8H2,2H3. The number of allylic oxidation sites excluding steroid dienone is 2. The van der Waals surface area contributed by atoms with Gasteiger partial charge in [0.25, 0.3) is 0 Å². The lowest BCUT2D eigenvalue weighted by molar-refractivity contribution is 0.571. The third-order valence-electron chi connectivity index (χ3n) is 2.34. The number of unbranched alkanes of at least 4 members (excludes halogenated alkanes) is 3. The molecule has 80 valence electrons. The SMILES string of the molecule is C=C(C)CCCCCCC1=CNNN1. The van der Waals surface area contributed by atoms with E-state index >= 15 is 0 Å². The normalized spacial score (nSPS) is 14.5. The Morgan fingerprint density at radius 1 is 1.29 bits per heavy atom. The maximum absolute atomic E-state index is 3.90. The molecule has 0 atom stereocenters. The van der Waals surface area contributed by atoms with Crippen LogP contribution in [0.3, 0.4) is 0 Å². The lowest BCUT2D eigenvalue weighted by atomic mass is 10.1. The van der Waals surface area contributed by atoms with E-state index in [1.165, 1.54) is 43.4 Å². The van der Waals surface area contributed by atoms with Gasteiger partial charge in [0.05, 0.1) is 0 Å². The highest BCUT2D eigenvalue weighted by molar-refractivity contribution is 4.99. The average Bonchev–Trinajstić information content (AvgIpc) is 2.63. The molecular formula is C11H21N3. The molecule has 0 aromatic carbocycles. The minimum Gasteiger partial charge on any atom is -0.310 e. The molecule has 1 heterocycles. The van der Waals surface area contributed by atoms with E-state index in [1.807, 2.05) is 6.20 Å². The van der Waals surface area contributed by atoms with Crippen LogP contribution in [0.4, 0.5) is 0 Å². The van der Waals surface area contributed by atoms with Gasteiger partial charge in [-0.1, -0.05) is 18.4 Å². The van der Waals surface area contributed by atoms with Gasteiger partial charge in [-0.3, -0.25) is 0 Å². The molecule has 0 spiro atoms. The topological polar surface area (TPSA) is 36.1 Å². The van der Waals surface area contributed by atoms with E-state index in [1.54, 1.807) is 0 Å². The first-order valence-electron chi connectivity index (χ1n) is 5.39. The Hall–Kier alpha value is -0.960. The van der Waals surface area contributed by atoms with Crippen LogP contribution in [0.15, 0.2) is 24.0 Å². The summed E-state index contributed by atoms with van der Waals surface area (Å²) in [7, 11) is 0. The summed E-state index contributed by atoms with van der Waals surface area (Å²) >= 11 is 0. The first-order valence-corrected chi connectivity index (χ1v) is 5.39. The van der Waals surface area contributed by atoms with Crippen LogP contribution in [0.2, 0.25) is 0 Å². The van der Waals surface area contributed by atoms with Gasteiger partial charge in [-0.25, -0.2) is 0 Å². The van der Waals surface area contributed by atoms with Crippen molar-refractivity contribution in [2.24, 2.45) is 0 Å². The maximum atomic E-state index is 3.90. The number of nitrogens with one attached hydrogen (secondary N) is 3. The summed E-state index contributed by atoms with van der Waals surface area (Å²) in [5, 5.41) is 0. The van der Waals surface area contributed by atoms with E-state index in [9.17, 15) is 0 Å². The molecule has 1 aliphatic rings. The second-order valence-corrected chi connectivity index (χ2v) is 3.94. The van der Waals surface area contributed by atoms with E-state index in [0.717, 1.165) is 6.42 Å². The van der Waals surface area contributed by atoms with Crippen LogP contribution in [0.25, 0.3) is 0 Å². The molecule has 0 radical (unpaired) electrons. The quantitative estimate of drug-likeness (QED) is 0.431. The Kier molecular flexibility index (Phi) is 5.15. The van der Waals surface area contributed by atoms with Crippen molar-refractivity contribution in [3.63, 3.8) is 0 Å². The van der Waals surface area contributed by atoms with Crippen molar-refractivity contribution in [1.29, 1.82) is 0 Å². The van der Waals surface area contributed by atoms with E-state index in [2.05, 4.69) is 29.9 Å². The third kappa shape index (κ3) is 4.92. The molecule has 3 heteroatoms. The molecule has 0 aliphatic carbocycles. The lowest BCUT2D eigenvalue weighted by Gasteiger charge is -2.03. The highest BCUT2D eigenvalue weighted by Crippen LogP contribution is 2.11. The molecule has 0 unspecified atom stereocenters. The highest BCUT2D eigenvalue weighted by Gasteiger charge is 2.00. The second-order valence-electron chi connectivity index (χ2n) is 3.94. The van der Waals surface area contributed by atoms with E-state index in [0.29, 0.717) is 0 Å². The summed E-state index contributed by atoms with van der Waals surface area (Å²) in [6, 6.07) is 0. The van der Waals surface area contributed by atoms with Crippen LogP contribution < -0.4 is 16.4 Å². The van der Waals surface area contributed by atoms with Crippen molar-refractivity contribution in [1.82, 2.24) is 16.4 Å². The minimum absolute atomic E-state index is 1.13.